The number of rotatable bonds is 10. The van der Waals surface area contributed by atoms with E-state index in [1.807, 2.05) is 17.8 Å². The highest BCUT2D eigenvalue weighted by Crippen LogP contribution is 2.28. The first kappa shape index (κ1) is 17.6. The van der Waals surface area contributed by atoms with Crippen molar-refractivity contribution < 1.29 is 9.47 Å². The Morgan fingerprint density at radius 3 is 2.70 bits per heavy atom. The fourth-order valence-electron chi connectivity index (χ4n) is 2.33. The molecule has 20 heavy (non-hydrogen) atoms. The van der Waals surface area contributed by atoms with Crippen LogP contribution >= 0.6 is 15.9 Å². The van der Waals surface area contributed by atoms with Crippen LogP contribution in [0.2, 0.25) is 0 Å². The average Bonchev–Trinajstić information content (AvgIpc) is 2.81. The molecule has 0 radical (unpaired) electrons. The molecule has 116 valence electrons. The van der Waals surface area contributed by atoms with Crippen LogP contribution in [0.5, 0.6) is 0 Å². The van der Waals surface area contributed by atoms with Crippen LogP contribution in [-0.2, 0) is 16.0 Å². The van der Waals surface area contributed by atoms with Gasteiger partial charge in [0.05, 0.1) is 41.7 Å². The molecule has 0 aliphatic heterocycles. The molecule has 1 aromatic rings. The van der Waals surface area contributed by atoms with Crippen molar-refractivity contribution in [2.24, 2.45) is 0 Å². The molecule has 1 N–H and O–H groups in total. The van der Waals surface area contributed by atoms with Crippen LogP contribution in [0.1, 0.15) is 38.9 Å². The van der Waals surface area contributed by atoms with Crippen molar-refractivity contribution in [1.82, 2.24) is 15.1 Å². The molecule has 2 atom stereocenters. The normalized spacial score (nSPS) is 14.4. The summed E-state index contributed by atoms with van der Waals surface area (Å²) in [6.45, 7) is 9.26. The summed E-state index contributed by atoms with van der Waals surface area (Å²) in [7, 11) is 1.70. The third-order valence-corrected chi connectivity index (χ3v) is 3.82. The number of nitrogens with one attached hydrogen (secondary N) is 1. The van der Waals surface area contributed by atoms with Crippen molar-refractivity contribution in [2.75, 3.05) is 26.9 Å². The topological polar surface area (TPSA) is 48.3 Å². The quantitative estimate of drug-likeness (QED) is 0.706. The number of likely N-dealkylation sites (N-methyl/N-ethyl adjacent to an activating group) is 1. The lowest BCUT2D eigenvalue weighted by atomic mass is 10.0. The monoisotopic (exact) mass is 347 g/mol. The Morgan fingerprint density at radius 1 is 1.40 bits per heavy atom. The molecule has 1 rings (SSSR count). The second-order valence-corrected chi connectivity index (χ2v) is 5.39. The van der Waals surface area contributed by atoms with Crippen molar-refractivity contribution in [3.05, 3.63) is 16.4 Å². The predicted molar refractivity (Wildman–Crippen MR) is 83.9 cm³/mol. The maximum absolute atomic E-state index is 5.89. The van der Waals surface area contributed by atoms with E-state index in [1.165, 1.54) is 0 Å². The minimum absolute atomic E-state index is 0.124. The standard InChI is InChI=1S/C14H26BrN3O2/c1-5-12(20-7-3)13(16-6-2)14-11(15)10-17-18(14)8-9-19-4/h10,12-13,16H,5-9H2,1-4H3. The highest BCUT2D eigenvalue weighted by molar-refractivity contribution is 9.10. The van der Waals surface area contributed by atoms with E-state index in [2.05, 4.69) is 40.2 Å². The van der Waals surface area contributed by atoms with E-state index >= 15 is 0 Å². The fourth-order valence-corrected chi connectivity index (χ4v) is 2.87. The van der Waals surface area contributed by atoms with E-state index in [0.717, 1.165) is 29.7 Å². The Balaban J connectivity index is 3.02. The van der Waals surface area contributed by atoms with Crippen molar-refractivity contribution in [2.45, 2.75) is 45.9 Å². The zero-order chi connectivity index (χ0) is 15.0. The van der Waals surface area contributed by atoms with Crippen molar-refractivity contribution in [3.8, 4) is 0 Å². The first-order valence-electron chi connectivity index (χ1n) is 7.24. The van der Waals surface area contributed by atoms with Gasteiger partial charge in [0.1, 0.15) is 0 Å². The van der Waals surface area contributed by atoms with Crippen LogP contribution in [0.3, 0.4) is 0 Å². The maximum atomic E-state index is 5.89. The fraction of sp³-hybridized carbons (Fsp3) is 0.786. The first-order valence-corrected chi connectivity index (χ1v) is 8.03. The summed E-state index contributed by atoms with van der Waals surface area (Å²) in [5, 5.41) is 7.95. The molecule has 0 saturated carbocycles. The molecule has 5 nitrogen and oxygen atoms in total. The Labute approximate surface area is 130 Å². The van der Waals surface area contributed by atoms with Gasteiger partial charge >= 0.3 is 0 Å². The molecular formula is C14H26BrN3O2. The Morgan fingerprint density at radius 2 is 2.15 bits per heavy atom. The lowest BCUT2D eigenvalue weighted by Crippen LogP contribution is -2.35. The summed E-state index contributed by atoms with van der Waals surface area (Å²) in [6, 6.07) is 0.124. The first-order chi connectivity index (χ1) is 9.69. The highest BCUT2D eigenvalue weighted by Gasteiger charge is 2.27. The minimum atomic E-state index is 0.124. The van der Waals surface area contributed by atoms with Crippen molar-refractivity contribution >= 4 is 15.9 Å². The van der Waals surface area contributed by atoms with Gasteiger partial charge in [-0.2, -0.15) is 5.10 Å². The maximum Gasteiger partial charge on any atom is 0.0782 e. The zero-order valence-corrected chi connectivity index (χ0v) is 14.4. The van der Waals surface area contributed by atoms with E-state index in [4.69, 9.17) is 9.47 Å². The Bertz CT molecular complexity index is 384. The summed E-state index contributed by atoms with van der Waals surface area (Å²) in [6.07, 6.45) is 2.93. The molecule has 0 amide bonds. The van der Waals surface area contributed by atoms with E-state index in [9.17, 15) is 0 Å². The molecule has 0 spiro atoms. The summed E-state index contributed by atoms with van der Waals surface area (Å²) < 4.78 is 14.0. The van der Waals surface area contributed by atoms with Crippen LogP contribution in [-0.4, -0.2) is 42.8 Å². The number of aromatic nitrogens is 2. The van der Waals surface area contributed by atoms with Gasteiger partial charge in [0, 0.05) is 13.7 Å². The van der Waals surface area contributed by atoms with Gasteiger partial charge in [-0.25, -0.2) is 0 Å². The average molecular weight is 348 g/mol. The van der Waals surface area contributed by atoms with Crippen molar-refractivity contribution in [1.29, 1.82) is 0 Å². The van der Waals surface area contributed by atoms with Gasteiger partial charge in [-0.15, -0.1) is 0 Å². The molecule has 2 unspecified atom stereocenters. The van der Waals surface area contributed by atoms with Gasteiger partial charge in [0.2, 0.25) is 0 Å². The number of hydrogen-bond acceptors (Lipinski definition) is 4. The van der Waals surface area contributed by atoms with Gasteiger partial charge in [0.15, 0.2) is 0 Å². The van der Waals surface area contributed by atoms with Gasteiger partial charge in [-0.1, -0.05) is 13.8 Å². The van der Waals surface area contributed by atoms with Gasteiger partial charge in [-0.3, -0.25) is 4.68 Å². The van der Waals surface area contributed by atoms with E-state index < -0.39 is 0 Å². The van der Waals surface area contributed by atoms with Crippen LogP contribution in [0.4, 0.5) is 0 Å². The third kappa shape index (κ3) is 4.55. The molecule has 0 aromatic carbocycles. The van der Waals surface area contributed by atoms with E-state index in [-0.39, 0.29) is 12.1 Å². The SMILES string of the molecule is CCNC(c1c(Br)cnn1CCOC)C(CC)OCC. The number of hydrogen-bond donors (Lipinski definition) is 1. The molecule has 1 heterocycles. The number of nitrogens with zero attached hydrogens (tertiary/aromatic N) is 2. The lowest BCUT2D eigenvalue weighted by Gasteiger charge is -2.28. The molecule has 0 aliphatic rings. The zero-order valence-electron chi connectivity index (χ0n) is 12.9. The Kier molecular flexibility index (Phi) is 8.37. The van der Waals surface area contributed by atoms with Crippen LogP contribution in [0, 0.1) is 0 Å². The van der Waals surface area contributed by atoms with Gasteiger partial charge < -0.3 is 14.8 Å². The molecule has 6 heteroatoms. The molecule has 0 bridgehead atoms. The molecular weight excluding hydrogens is 322 g/mol. The van der Waals surface area contributed by atoms with Gasteiger partial charge in [-0.05, 0) is 35.8 Å². The summed E-state index contributed by atoms with van der Waals surface area (Å²) in [5.74, 6) is 0. The number of methoxy groups -OCH3 is 1. The Hall–Kier alpha value is -0.430. The minimum Gasteiger partial charge on any atom is -0.383 e. The van der Waals surface area contributed by atoms with Crippen molar-refractivity contribution in [3.63, 3.8) is 0 Å². The third-order valence-electron chi connectivity index (χ3n) is 3.21. The molecule has 0 fully saturated rings. The largest absolute Gasteiger partial charge is 0.383 e. The van der Waals surface area contributed by atoms with Gasteiger partial charge in [0.25, 0.3) is 0 Å². The summed E-state index contributed by atoms with van der Waals surface area (Å²) in [5.41, 5.74) is 1.13. The van der Waals surface area contributed by atoms with Crippen LogP contribution in [0.15, 0.2) is 10.7 Å². The molecule has 0 saturated heterocycles. The van der Waals surface area contributed by atoms with E-state index in [1.54, 1.807) is 7.11 Å². The summed E-state index contributed by atoms with van der Waals surface area (Å²) >= 11 is 3.61. The summed E-state index contributed by atoms with van der Waals surface area (Å²) in [4.78, 5) is 0. The second-order valence-electron chi connectivity index (χ2n) is 4.53. The van der Waals surface area contributed by atoms with Crippen LogP contribution < -0.4 is 5.32 Å². The van der Waals surface area contributed by atoms with Crippen LogP contribution in [0.25, 0.3) is 0 Å². The number of ether oxygens (including phenoxy) is 2. The number of halogens is 1. The lowest BCUT2D eigenvalue weighted by molar-refractivity contribution is 0.0289. The second kappa shape index (κ2) is 9.50. The predicted octanol–water partition coefficient (Wildman–Crippen LogP) is 2.76. The smallest absolute Gasteiger partial charge is 0.0782 e. The van der Waals surface area contributed by atoms with E-state index in [0.29, 0.717) is 13.2 Å². The molecule has 0 aliphatic carbocycles. The molecule has 1 aromatic heterocycles. The highest BCUT2D eigenvalue weighted by atomic mass is 79.9.